The second-order valence-electron chi connectivity index (χ2n) is 4.98. The highest BCUT2D eigenvalue weighted by Gasteiger charge is 2.45. The molecule has 1 aliphatic carbocycles. The van der Waals surface area contributed by atoms with Crippen molar-refractivity contribution in [1.82, 2.24) is 9.03 Å². The fourth-order valence-electron chi connectivity index (χ4n) is 2.22. The first-order valence-electron chi connectivity index (χ1n) is 5.64. The summed E-state index contributed by atoms with van der Waals surface area (Å²) in [6.45, 7) is 1.95. The first kappa shape index (κ1) is 14.4. The van der Waals surface area contributed by atoms with Crippen LogP contribution in [0.1, 0.15) is 32.6 Å². The van der Waals surface area contributed by atoms with Crippen LogP contribution in [0.3, 0.4) is 0 Å². The smallest absolute Gasteiger partial charge is 0.324 e. The van der Waals surface area contributed by atoms with Crippen LogP contribution in [0.4, 0.5) is 0 Å². The summed E-state index contributed by atoms with van der Waals surface area (Å²) in [5.74, 6) is -0.876. The Morgan fingerprint density at radius 3 is 2.47 bits per heavy atom. The van der Waals surface area contributed by atoms with Crippen molar-refractivity contribution in [1.29, 1.82) is 0 Å². The Kier molecular flexibility index (Phi) is 4.16. The van der Waals surface area contributed by atoms with Crippen molar-refractivity contribution in [2.45, 2.75) is 38.1 Å². The third-order valence-electron chi connectivity index (χ3n) is 3.21. The molecular weight excluding hydrogens is 244 g/mol. The van der Waals surface area contributed by atoms with Gasteiger partial charge in [-0.05, 0) is 18.8 Å². The van der Waals surface area contributed by atoms with Crippen LogP contribution in [-0.4, -0.2) is 43.4 Å². The molecule has 1 rings (SSSR count). The average Bonchev–Trinajstić information content (AvgIpc) is 2.16. The molecule has 0 radical (unpaired) electrons. The minimum absolute atomic E-state index is 0.213. The van der Waals surface area contributed by atoms with Gasteiger partial charge in [-0.1, -0.05) is 19.8 Å². The van der Waals surface area contributed by atoms with E-state index < -0.39 is 21.7 Å². The maximum atomic E-state index is 11.8. The molecule has 100 valence electrons. The Morgan fingerprint density at radius 2 is 2.06 bits per heavy atom. The van der Waals surface area contributed by atoms with Gasteiger partial charge in [-0.25, -0.2) is 0 Å². The topological polar surface area (TPSA) is 86.7 Å². The van der Waals surface area contributed by atoms with Crippen molar-refractivity contribution in [3.63, 3.8) is 0 Å². The third-order valence-corrected chi connectivity index (χ3v) is 4.82. The number of rotatable bonds is 4. The highest BCUT2D eigenvalue weighted by Crippen LogP contribution is 2.33. The second kappa shape index (κ2) is 4.91. The summed E-state index contributed by atoms with van der Waals surface area (Å²) < 4.78 is 26.9. The van der Waals surface area contributed by atoms with Gasteiger partial charge in [0.05, 0.1) is 0 Å². The van der Waals surface area contributed by atoms with E-state index in [-0.39, 0.29) is 5.92 Å². The van der Waals surface area contributed by atoms with E-state index in [1.165, 1.54) is 14.1 Å². The number of carboxylic acid groups (broad SMARTS) is 1. The van der Waals surface area contributed by atoms with Gasteiger partial charge in [0.1, 0.15) is 5.54 Å². The molecule has 7 heteroatoms. The SMILES string of the molecule is CC1CCCC(NS(=O)(=O)N(C)C)(C(=O)O)C1. The molecule has 0 aromatic carbocycles. The van der Waals surface area contributed by atoms with Crippen molar-refractivity contribution in [2.24, 2.45) is 5.92 Å². The number of hydrogen-bond donors (Lipinski definition) is 2. The maximum absolute atomic E-state index is 11.8. The molecule has 0 aliphatic heterocycles. The largest absolute Gasteiger partial charge is 0.480 e. The van der Waals surface area contributed by atoms with Gasteiger partial charge in [0.2, 0.25) is 0 Å². The van der Waals surface area contributed by atoms with E-state index in [1.54, 1.807) is 0 Å². The Hall–Kier alpha value is -0.660. The molecule has 2 unspecified atom stereocenters. The van der Waals surface area contributed by atoms with Gasteiger partial charge in [0.25, 0.3) is 10.2 Å². The quantitative estimate of drug-likeness (QED) is 0.770. The van der Waals surface area contributed by atoms with Gasteiger partial charge in [0.15, 0.2) is 0 Å². The number of carboxylic acids is 1. The summed E-state index contributed by atoms with van der Waals surface area (Å²) in [5.41, 5.74) is -1.35. The van der Waals surface area contributed by atoms with E-state index in [0.29, 0.717) is 12.8 Å². The zero-order valence-corrected chi connectivity index (χ0v) is 11.2. The van der Waals surface area contributed by atoms with Crippen molar-refractivity contribution in [2.75, 3.05) is 14.1 Å². The van der Waals surface area contributed by atoms with Crippen LogP contribution in [0, 0.1) is 5.92 Å². The van der Waals surface area contributed by atoms with Crippen molar-refractivity contribution < 1.29 is 18.3 Å². The number of aliphatic carboxylic acids is 1. The first-order chi connectivity index (χ1) is 7.69. The normalized spacial score (nSPS) is 30.5. The highest BCUT2D eigenvalue weighted by molar-refractivity contribution is 7.87. The zero-order chi connectivity index (χ0) is 13.3. The Bertz CT molecular complexity index is 393. The van der Waals surface area contributed by atoms with Crippen LogP contribution >= 0.6 is 0 Å². The molecule has 1 saturated carbocycles. The maximum Gasteiger partial charge on any atom is 0.324 e. The van der Waals surface area contributed by atoms with Crippen LogP contribution in [0.25, 0.3) is 0 Å². The Labute approximate surface area is 102 Å². The standard InChI is InChI=1S/C10H20N2O4S/c1-8-5-4-6-10(7-8,9(13)14)11-17(15,16)12(2)3/h8,11H,4-7H2,1-3H3,(H,13,14). The molecule has 0 bridgehead atoms. The highest BCUT2D eigenvalue weighted by atomic mass is 32.2. The Balaban J connectivity index is 2.98. The van der Waals surface area contributed by atoms with Crippen LogP contribution < -0.4 is 4.72 Å². The van der Waals surface area contributed by atoms with E-state index in [4.69, 9.17) is 0 Å². The van der Waals surface area contributed by atoms with Gasteiger partial charge in [-0.2, -0.15) is 17.4 Å². The van der Waals surface area contributed by atoms with Crippen LogP contribution in [-0.2, 0) is 15.0 Å². The predicted octanol–water partition coefficient (Wildman–Crippen LogP) is 0.416. The molecule has 1 aliphatic rings. The average molecular weight is 264 g/mol. The zero-order valence-electron chi connectivity index (χ0n) is 10.4. The van der Waals surface area contributed by atoms with Gasteiger partial charge in [-0.3, -0.25) is 4.79 Å². The Morgan fingerprint density at radius 1 is 1.47 bits per heavy atom. The van der Waals surface area contributed by atoms with Gasteiger partial charge < -0.3 is 5.11 Å². The molecule has 2 N–H and O–H groups in total. The van der Waals surface area contributed by atoms with E-state index in [0.717, 1.165) is 17.1 Å². The lowest BCUT2D eigenvalue weighted by molar-refractivity contribution is -0.146. The van der Waals surface area contributed by atoms with Gasteiger partial charge in [-0.15, -0.1) is 0 Å². The molecule has 6 nitrogen and oxygen atoms in total. The molecule has 0 spiro atoms. The fourth-order valence-corrected chi connectivity index (χ4v) is 3.17. The summed E-state index contributed by atoms with van der Waals surface area (Å²) >= 11 is 0. The van der Waals surface area contributed by atoms with Gasteiger partial charge in [0, 0.05) is 14.1 Å². The molecular formula is C10H20N2O4S. The monoisotopic (exact) mass is 264 g/mol. The van der Waals surface area contributed by atoms with E-state index >= 15 is 0 Å². The van der Waals surface area contributed by atoms with Crippen LogP contribution in [0.15, 0.2) is 0 Å². The molecule has 1 fully saturated rings. The molecule has 2 atom stereocenters. The number of carbonyl (C=O) groups is 1. The fraction of sp³-hybridized carbons (Fsp3) is 0.900. The number of hydrogen-bond acceptors (Lipinski definition) is 3. The minimum Gasteiger partial charge on any atom is -0.480 e. The lowest BCUT2D eigenvalue weighted by atomic mass is 9.77. The lowest BCUT2D eigenvalue weighted by Gasteiger charge is -2.37. The lowest BCUT2D eigenvalue weighted by Crippen LogP contribution is -2.58. The van der Waals surface area contributed by atoms with Crippen molar-refractivity contribution >= 4 is 16.2 Å². The summed E-state index contributed by atoms with van der Waals surface area (Å²) in [5, 5.41) is 9.31. The molecule has 0 saturated heterocycles. The second-order valence-corrected chi connectivity index (χ2v) is 6.86. The first-order valence-corrected chi connectivity index (χ1v) is 7.08. The van der Waals surface area contributed by atoms with E-state index in [1.807, 2.05) is 6.92 Å². The summed E-state index contributed by atoms with van der Waals surface area (Å²) in [6.07, 6.45) is 2.36. The summed E-state index contributed by atoms with van der Waals surface area (Å²) in [4.78, 5) is 11.4. The molecule has 0 heterocycles. The molecule has 0 aromatic heterocycles. The molecule has 17 heavy (non-hydrogen) atoms. The summed E-state index contributed by atoms with van der Waals surface area (Å²) in [6, 6.07) is 0. The minimum atomic E-state index is -3.72. The number of nitrogens with one attached hydrogen (secondary N) is 1. The van der Waals surface area contributed by atoms with Crippen LogP contribution in [0.2, 0.25) is 0 Å². The van der Waals surface area contributed by atoms with Gasteiger partial charge >= 0.3 is 5.97 Å². The van der Waals surface area contributed by atoms with Crippen molar-refractivity contribution in [3.8, 4) is 0 Å². The van der Waals surface area contributed by atoms with E-state index in [9.17, 15) is 18.3 Å². The molecule has 0 amide bonds. The number of nitrogens with zero attached hydrogens (tertiary/aromatic N) is 1. The van der Waals surface area contributed by atoms with Crippen molar-refractivity contribution in [3.05, 3.63) is 0 Å². The molecule has 0 aromatic rings. The van der Waals surface area contributed by atoms with E-state index in [2.05, 4.69) is 4.72 Å². The third kappa shape index (κ3) is 3.17. The predicted molar refractivity (Wildman–Crippen MR) is 63.7 cm³/mol. The summed E-state index contributed by atoms with van der Waals surface area (Å²) in [7, 11) is -0.964. The van der Waals surface area contributed by atoms with Crippen LogP contribution in [0.5, 0.6) is 0 Å².